The van der Waals surface area contributed by atoms with Gasteiger partial charge in [-0.25, -0.2) is 0 Å². The Balaban J connectivity index is 1.99. The van der Waals surface area contributed by atoms with E-state index in [1.807, 2.05) is 6.92 Å². The van der Waals surface area contributed by atoms with Gasteiger partial charge in [0.1, 0.15) is 0 Å². The average molecular weight is 270 g/mol. The van der Waals surface area contributed by atoms with Crippen LogP contribution in [0.4, 0.5) is 0 Å². The summed E-state index contributed by atoms with van der Waals surface area (Å²) in [7, 11) is 0. The highest BCUT2D eigenvalue weighted by molar-refractivity contribution is 5.76. The molecule has 0 aromatic carbocycles. The van der Waals surface area contributed by atoms with E-state index in [4.69, 9.17) is 4.74 Å². The molecule has 1 rings (SSSR count). The molecular formula is C14H26N2O3. The smallest absolute Gasteiger partial charge is 0.220 e. The van der Waals surface area contributed by atoms with Crippen LogP contribution >= 0.6 is 0 Å². The third-order valence-electron chi connectivity index (χ3n) is 3.37. The quantitative estimate of drug-likeness (QED) is 0.655. The molecule has 5 heteroatoms. The Kier molecular flexibility index (Phi) is 7.48. The predicted molar refractivity (Wildman–Crippen MR) is 73.7 cm³/mol. The van der Waals surface area contributed by atoms with Crippen LogP contribution in [0.3, 0.4) is 0 Å². The molecule has 2 unspecified atom stereocenters. The second-order valence-electron chi connectivity index (χ2n) is 5.20. The van der Waals surface area contributed by atoms with Crippen molar-refractivity contribution < 1.29 is 14.3 Å². The van der Waals surface area contributed by atoms with Crippen molar-refractivity contribution in [1.29, 1.82) is 0 Å². The lowest BCUT2D eigenvalue weighted by atomic mass is 10.1. The second kappa shape index (κ2) is 8.91. The van der Waals surface area contributed by atoms with Crippen molar-refractivity contribution in [2.45, 2.75) is 64.5 Å². The number of ether oxygens (including phenoxy) is 1. The van der Waals surface area contributed by atoms with Crippen molar-refractivity contribution in [3.05, 3.63) is 0 Å². The molecule has 0 spiro atoms. The van der Waals surface area contributed by atoms with E-state index in [0.29, 0.717) is 13.0 Å². The first kappa shape index (κ1) is 16.0. The van der Waals surface area contributed by atoms with E-state index in [1.54, 1.807) is 0 Å². The molecule has 0 bridgehead atoms. The molecule has 19 heavy (non-hydrogen) atoms. The number of carbonyl (C=O) groups excluding carboxylic acids is 2. The summed E-state index contributed by atoms with van der Waals surface area (Å²) in [6.45, 7) is 5.03. The van der Waals surface area contributed by atoms with Crippen LogP contribution in [0.15, 0.2) is 0 Å². The Morgan fingerprint density at radius 3 is 2.74 bits per heavy atom. The number of rotatable bonds is 8. The zero-order valence-electron chi connectivity index (χ0n) is 12.0. The highest BCUT2D eigenvalue weighted by atomic mass is 16.5. The molecule has 110 valence electrons. The van der Waals surface area contributed by atoms with E-state index >= 15 is 0 Å². The van der Waals surface area contributed by atoms with Gasteiger partial charge < -0.3 is 15.4 Å². The Bertz CT molecular complexity index is 288. The summed E-state index contributed by atoms with van der Waals surface area (Å²) in [4.78, 5) is 22.4. The molecule has 5 nitrogen and oxygen atoms in total. The SMILES string of the molecule is CC(=O)NCCCCCC(=O)NC(C)C1CCCO1. The lowest BCUT2D eigenvalue weighted by Gasteiger charge is -2.19. The van der Waals surface area contributed by atoms with E-state index in [0.717, 1.165) is 38.7 Å². The molecule has 0 aromatic heterocycles. The second-order valence-corrected chi connectivity index (χ2v) is 5.20. The number of hydrogen-bond donors (Lipinski definition) is 2. The van der Waals surface area contributed by atoms with Gasteiger partial charge in [-0.3, -0.25) is 9.59 Å². The van der Waals surface area contributed by atoms with E-state index in [1.165, 1.54) is 6.92 Å². The molecule has 1 aliphatic heterocycles. The first-order valence-electron chi connectivity index (χ1n) is 7.25. The topological polar surface area (TPSA) is 67.4 Å². The molecule has 0 aromatic rings. The lowest BCUT2D eigenvalue weighted by molar-refractivity contribution is -0.123. The van der Waals surface area contributed by atoms with Crippen molar-refractivity contribution in [2.75, 3.05) is 13.2 Å². The van der Waals surface area contributed by atoms with Crippen LogP contribution in [0.2, 0.25) is 0 Å². The molecule has 0 aliphatic carbocycles. The molecular weight excluding hydrogens is 244 g/mol. The minimum atomic E-state index is 0.00290. The fourth-order valence-corrected chi connectivity index (χ4v) is 2.27. The largest absolute Gasteiger partial charge is 0.376 e. The molecule has 0 saturated carbocycles. The van der Waals surface area contributed by atoms with Gasteiger partial charge in [-0.2, -0.15) is 0 Å². The summed E-state index contributed by atoms with van der Waals surface area (Å²) in [5.41, 5.74) is 0. The molecule has 1 fully saturated rings. The normalized spacial score (nSPS) is 20.0. The monoisotopic (exact) mass is 270 g/mol. The molecule has 2 amide bonds. The molecule has 2 N–H and O–H groups in total. The van der Waals surface area contributed by atoms with E-state index < -0.39 is 0 Å². The lowest BCUT2D eigenvalue weighted by Crippen LogP contribution is -2.40. The Morgan fingerprint density at radius 1 is 1.32 bits per heavy atom. The first-order chi connectivity index (χ1) is 9.09. The maximum absolute atomic E-state index is 11.7. The van der Waals surface area contributed by atoms with Crippen molar-refractivity contribution in [3.63, 3.8) is 0 Å². The van der Waals surface area contributed by atoms with E-state index in [2.05, 4.69) is 10.6 Å². The minimum absolute atomic E-state index is 0.00290. The molecule has 1 saturated heterocycles. The molecule has 2 atom stereocenters. The summed E-state index contributed by atoms with van der Waals surface area (Å²) in [6, 6.07) is 0.106. The fourth-order valence-electron chi connectivity index (χ4n) is 2.27. The van der Waals surface area contributed by atoms with Crippen molar-refractivity contribution >= 4 is 11.8 Å². The van der Waals surface area contributed by atoms with Crippen molar-refractivity contribution in [1.82, 2.24) is 10.6 Å². The maximum atomic E-state index is 11.7. The minimum Gasteiger partial charge on any atom is -0.376 e. The van der Waals surface area contributed by atoms with Crippen LogP contribution in [0, 0.1) is 0 Å². The van der Waals surface area contributed by atoms with Crippen LogP contribution in [0.5, 0.6) is 0 Å². The Labute approximate surface area is 115 Å². The third kappa shape index (κ3) is 7.15. The van der Waals surface area contributed by atoms with Crippen LogP contribution in [-0.4, -0.2) is 37.1 Å². The highest BCUT2D eigenvalue weighted by Gasteiger charge is 2.23. The highest BCUT2D eigenvalue weighted by Crippen LogP contribution is 2.15. The summed E-state index contributed by atoms with van der Waals surface area (Å²) in [6.07, 6.45) is 5.62. The molecule has 1 heterocycles. The maximum Gasteiger partial charge on any atom is 0.220 e. The third-order valence-corrected chi connectivity index (χ3v) is 3.37. The van der Waals surface area contributed by atoms with Crippen LogP contribution in [-0.2, 0) is 14.3 Å². The fraction of sp³-hybridized carbons (Fsp3) is 0.857. The average Bonchev–Trinajstić information content (AvgIpc) is 2.87. The van der Waals surface area contributed by atoms with Crippen LogP contribution < -0.4 is 10.6 Å². The first-order valence-corrected chi connectivity index (χ1v) is 7.25. The summed E-state index contributed by atoms with van der Waals surface area (Å²) >= 11 is 0. The van der Waals surface area contributed by atoms with Crippen LogP contribution in [0.25, 0.3) is 0 Å². The van der Waals surface area contributed by atoms with Gasteiger partial charge in [0, 0.05) is 26.5 Å². The summed E-state index contributed by atoms with van der Waals surface area (Å²) in [5.74, 6) is 0.102. The van der Waals surface area contributed by atoms with Crippen molar-refractivity contribution in [3.8, 4) is 0 Å². The number of carbonyl (C=O) groups is 2. The van der Waals surface area contributed by atoms with Gasteiger partial charge in [0.05, 0.1) is 12.1 Å². The van der Waals surface area contributed by atoms with Gasteiger partial charge in [0.2, 0.25) is 11.8 Å². The van der Waals surface area contributed by atoms with Gasteiger partial charge in [0.25, 0.3) is 0 Å². The van der Waals surface area contributed by atoms with E-state index in [-0.39, 0.29) is 24.0 Å². The number of nitrogens with one attached hydrogen (secondary N) is 2. The predicted octanol–water partition coefficient (Wildman–Crippen LogP) is 1.37. The number of amides is 2. The Morgan fingerprint density at radius 2 is 2.11 bits per heavy atom. The Hall–Kier alpha value is -1.10. The van der Waals surface area contributed by atoms with E-state index in [9.17, 15) is 9.59 Å². The van der Waals surface area contributed by atoms with Gasteiger partial charge in [0.15, 0.2) is 0 Å². The zero-order chi connectivity index (χ0) is 14.1. The van der Waals surface area contributed by atoms with Gasteiger partial charge >= 0.3 is 0 Å². The van der Waals surface area contributed by atoms with Gasteiger partial charge in [-0.05, 0) is 32.6 Å². The standard InChI is InChI=1S/C14H26N2O3/c1-11(13-7-6-10-19-13)16-14(18)8-4-3-5-9-15-12(2)17/h11,13H,3-10H2,1-2H3,(H,15,17)(H,16,18). The van der Waals surface area contributed by atoms with Gasteiger partial charge in [-0.15, -0.1) is 0 Å². The zero-order valence-corrected chi connectivity index (χ0v) is 12.0. The van der Waals surface area contributed by atoms with Crippen LogP contribution in [0.1, 0.15) is 52.4 Å². The van der Waals surface area contributed by atoms with Crippen molar-refractivity contribution in [2.24, 2.45) is 0 Å². The summed E-state index contributed by atoms with van der Waals surface area (Å²) < 4.78 is 5.54. The molecule has 1 aliphatic rings. The summed E-state index contributed by atoms with van der Waals surface area (Å²) in [5, 5.41) is 5.74. The number of hydrogen-bond acceptors (Lipinski definition) is 3. The van der Waals surface area contributed by atoms with Gasteiger partial charge in [-0.1, -0.05) is 6.42 Å². The molecule has 0 radical (unpaired) electrons. The number of unbranched alkanes of at least 4 members (excludes halogenated alkanes) is 2.